The van der Waals surface area contributed by atoms with Gasteiger partial charge in [0.1, 0.15) is 0 Å². The summed E-state index contributed by atoms with van der Waals surface area (Å²) in [7, 11) is 0. The van der Waals surface area contributed by atoms with Gasteiger partial charge >= 0.3 is 11.9 Å². The van der Waals surface area contributed by atoms with E-state index in [1.54, 1.807) is 20.8 Å². The van der Waals surface area contributed by atoms with E-state index in [0.29, 0.717) is 5.70 Å². The average molecular weight is 231 g/mol. The van der Waals surface area contributed by atoms with E-state index >= 15 is 0 Å². The molecule has 0 aliphatic rings. The monoisotopic (exact) mass is 231 g/mol. The molecule has 0 aliphatic heterocycles. The van der Waals surface area contributed by atoms with Crippen LogP contribution in [0, 0.1) is 5.41 Å². The zero-order chi connectivity index (χ0) is 12.8. The molecule has 0 aliphatic carbocycles. The van der Waals surface area contributed by atoms with E-state index < -0.39 is 17.4 Å². The molecular weight excluding hydrogens is 214 g/mol. The second kappa shape index (κ2) is 6.12. The van der Waals surface area contributed by atoms with E-state index in [9.17, 15) is 9.59 Å². The highest BCUT2D eigenvalue weighted by Crippen LogP contribution is 2.28. The van der Waals surface area contributed by atoms with Gasteiger partial charge in [0.15, 0.2) is 5.41 Å². The Kier molecular flexibility index (Phi) is 5.52. The SMILES string of the molecule is C=C(C)NOOC(=O)C(CC)(CC)C(=O)O. The lowest BCUT2D eigenvalue weighted by Gasteiger charge is -2.22. The third-order valence-corrected chi connectivity index (χ3v) is 2.34. The van der Waals surface area contributed by atoms with Gasteiger partial charge in [-0.2, -0.15) is 0 Å². The van der Waals surface area contributed by atoms with Gasteiger partial charge in [-0.15, -0.1) is 0 Å². The van der Waals surface area contributed by atoms with Crippen LogP contribution in [0.5, 0.6) is 0 Å². The highest BCUT2D eigenvalue weighted by Gasteiger charge is 2.45. The molecule has 6 heteroatoms. The maximum atomic E-state index is 11.6. The van der Waals surface area contributed by atoms with Gasteiger partial charge in [-0.25, -0.2) is 10.3 Å². The van der Waals surface area contributed by atoms with Gasteiger partial charge in [-0.1, -0.05) is 25.4 Å². The van der Waals surface area contributed by atoms with Crippen LogP contribution in [0.3, 0.4) is 0 Å². The summed E-state index contributed by atoms with van der Waals surface area (Å²) in [5.41, 5.74) is 1.08. The molecule has 0 spiro atoms. The molecule has 0 aromatic rings. The zero-order valence-corrected chi connectivity index (χ0v) is 9.70. The van der Waals surface area contributed by atoms with Crippen molar-refractivity contribution in [2.24, 2.45) is 5.41 Å². The number of carbonyl (C=O) groups is 2. The standard InChI is InChI=1S/C10H17NO5/c1-5-10(6-2,8(12)13)9(14)15-16-11-7(3)4/h11H,3,5-6H2,1-2,4H3,(H,12,13). The van der Waals surface area contributed by atoms with Crippen molar-refractivity contribution < 1.29 is 24.6 Å². The van der Waals surface area contributed by atoms with Crippen LogP contribution in [0.15, 0.2) is 12.3 Å². The van der Waals surface area contributed by atoms with E-state index in [-0.39, 0.29) is 12.8 Å². The highest BCUT2D eigenvalue weighted by molar-refractivity contribution is 5.98. The van der Waals surface area contributed by atoms with Crippen molar-refractivity contribution in [2.45, 2.75) is 33.6 Å². The smallest absolute Gasteiger partial charge is 0.362 e. The van der Waals surface area contributed by atoms with Crippen molar-refractivity contribution >= 4 is 11.9 Å². The van der Waals surface area contributed by atoms with Crippen LogP contribution < -0.4 is 5.48 Å². The van der Waals surface area contributed by atoms with Crippen LogP contribution >= 0.6 is 0 Å². The van der Waals surface area contributed by atoms with Crippen LogP contribution in [0.1, 0.15) is 33.6 Å². The van der Waals surface area contributed by atoms with Crippen LogP contribution in [-0.2, 0) is 19.5 Å². The zero-order valence-electron chi connectivity index (χ0n) is 9.70. The largest absolute Gasteiger partial charge is 0.480 e. The van der Waals surface area contributed by atoms with Crippen molar-refractivity contribution in [3.05, 3.63) is 12.3 Å². The van der Waals surface area contributed by atoms with Gasteiger partial charge in [0.25, 0.3) is 0 Å². The van der Waals surface area contributed by atoms with Gasteiger partial charge in [-0.05, 0) is 19.8 Å². The molecule has 92 valence electrons. The lowest BCUT2D eigenvalue weighted by molar-refractivity contribution is -0.309. The summed E-state index contributed by atoms with van der Waals surface area (Å²) >= 11 is 0. The first-order chi connectivity index (χ1) is 7.40. The molecule has 0 saturated heterocycles. The number of carboxylic acids is 1. The molecule has 0 fully saturated rings. The molecule has 0 unspecified atom stereocenters. The molecule has 2 N–H and O–H groups in total. The summed E-state index contributed by atoms with van der Waals surface area (Å²) in [6, 6.07) is 0. The van der Waals surface area contributed by atoms with E-state index in [1.165, 1.54) is 0 Å². The first kappa shape index (κ1) is 14.4. The number of allylic oxidation sites excluding steroid dienone is 1. The van der Waals surface area contributed by atoms with Crippen LogP contribution in [0.25, 0.3) is 0 Å². The third kappa shape index (κ3) is 3.23. The number of hydrogen-bond donors (Lipinski definition) is 2. The molecule has 16 heavy (non-hydrogen) atoms. The summed E-state index contributed by atoms with van der Waals surface area (Å²) in [6.07, 6.45) is 0.266. The van der Waals surface area contributed by atoms with Gasteiger partial charge in [0.2, 0.25) is 0 Å². The van der Waals surface area contributed by atoms with Crippen molar-refractivity contribution in [3.8, 4) is 0 Å². The minimum Gasteiger partial charge on any atom is -0.480 e. The number of hydroxylamine groups is 1. The fourth-order valence-electron chi connectivity index (χ4n) is 1.14. The first-order valence-corrected chi connectivity index (χ1v) is 4.93. The summed E-state index contributed by atoms with van der Waals surface area (Å²) in [6.45, 7) is 8.25. The molecule has 0 amide bonds. The Hall–Kier alpha value is -1.56. The molecule has 0 radical (unpaired) electrons. The van der Waals surface area contributed by atoms with Crippen molar-refractivity contribution in [1.29, 1.82) is 0 Å². The molecule has 0 saturated carbocycles. The van der Waals surface area contributed by atoms with Crippen LogP contribution in [-0.4, -0.2) is 17.0 Å². The lowest BCUT2D eigenvalue weighted by atomic mass is 9.83. The average Bonchev–Trinajstić information content (AvgIpc) is 2.19. The van der Waals surface area contributed by atoms with Gasteiger partial charge in [0, 0.05) is 5.70 Å². The summed E-state index contributed by atoms with van der Waals surface area (Å²) in [4.78, 5) is 31.3. The predicted octanol–water partition coefficient (Wildman–Crippen LogP) is 1.39. The lowest BCUT2D eigenvalue weighted by Crippen LogP contribution is -2.40. The second-order valence-corrected chi connectivity index (χ2v) is 3.43. The Labute approximate surface area is 94.1 Å². The van der Waals surface area contributed by atoms with Gasteiger partial charge in [-0.3, -0.25) is 9.68 Å². The van der Waals surface area contributed by atoms with Crippen molar-refractivity contribution in [3.63, 3.8) is 0 Å². The molecule has 0 atom stereocenters. The van der Waals surface area contributed by atoms with E-state index in [2.05, 4.69) is 21.9 Å². The molecular formula is C10H17NO5. The maximum Gasteiger partial charge on any atom is 0.362 e. The van der Waals surface area contributed by atoms with Crippen molar-refractivity contribution in [2.75, 3.05) is 0 Å². The van der Waals surface area contributed by atoms with E-state index in [1.807, 2.05) is 0 Å². The summed E-state index contributed by atoms with van der Waals surface area (Å²) < 4.78 is 0. The highest BCUT2D eigenvalue weighted by atomic mass is 17.3. The topological polar surface area (TPSA) is 84.9 Å². The summed E-state index contributed by atoms with van der Waals surface area (Å²) in [5, 5.41) is 9.01. The Morgan fingerprint density at radius 1 is 1.38 bits per heavy atom. The first-order valence-electron chi connectivity index (χ1n) is 4.93. The minimum absolute atomic E-state index is 0.133. The molecule has 6 nitrogen and oxygen atoms in total. The number of rotatable bonds is 7. The van der Waals surface area contributed by atoms with E-state index in [0.717, 1.165) is 0 Å². The van der Waals surface area contributed by atoms with Gasteiger partial charge in [0.05, 0.1) is 0 Å². The number of hydrogen-bond acceptors (Lipinski definition) is 5. The Morgan fingerprint density at radius 2 is 1.88 bits per heavy atom. The second-order valence-electron chi connectivity index (χ2n) is 3.43. The summed E-state index contributed by atoms with van der Waals surface area (Å²) in [5.74, 6) is -2.15. The van der Waals surface area contributed by atoms with Crippen LogP contribution in [0.2, 0.25) is 0 Å². The Morgan fingerprint density at radius 3 is 2.19 bits per heavy atom. The minimum atomic E-state index is -1.56. The number of nitrogens with one attached hydrogen (secondary N) is 1. The maximum absolute atomic E-state index is 11.6. The molecule has 0 rings (SSSR count). The Balaban J connectivity index is 4.51. The third-order valence-electron chi connectivity index (χ3n) is 2.34. The molecule has 0 aromatic carbocycles. The fraction of sp³-hybridized carbons (Fsp3) is 0.600. The number of carboxylic acid groups (broad SMARTS) is 1. The number of carbonyl (C=O) groups excluding carboxylic acids is 1. The normalized spacial score (nSPS) is 10.7. The predicted molar refractivity (Wildman–Crippen MR) is 55.8 cm³/mol. The molecule has 0 heterocycles. The number of aliphatic carboxylic acids is 1. The van der Waals surface area contributed by atoms with Crippen LogP contribution in [0.4, 0.5) is 0 Å². The quantitative estimate of drug-likeness (QED) is 0.391. The van der Waals surface area contributed by atoms with E-state index in [4.69, 9.17) is 5.11 Å². The van der Waals surface area contributed by atoms with Gasteiger partial charge < -0.3 is 5.11 Å². The molecule has 0 bridgehead atoms. The Bertz CT molecular complexity index is 283. The van der Waals surface area contributed by atoms with Crippen molar-refractivity contribution in [1.82, 2.24) is 5.48 Å². The fourth-order valence-corrected chi connectivity index (χ4v) is 1.14. The molecule has 0 aromatic heterocycles.